The number of likely N-dealkylation sites (tertiary alicyclic amines) is 1. The van der Waals surface area contributed by atoms with Gasteiger partial charge in [0.15, 0.2) is 5.82 Å². The summed E-state index contributed by atoms with van der Waals surface area (Å²) in [7, 11) is 1.82. The summed E-state index contributed by atoms with van der Waals surface area (Å²) >= 11 is -1.08. The number of aryl methyl sites for hydroxylation is 1. The summed E-state index contributed by atoms with van der Waals surface area (Å²) in [5.41, 5.74) is 0.881. The number of aromatic nitrogens is 3. The van der Waals surface area contributed by atoms with E-state index in [9.17, 15) is 9.35 Å². The van der Waals surface area contributed by atoms with E-state index in [0.717, 1.165) is 48.7 Å². The topological polar surface area (TPSA) is 107 Å². The number of pyridine rings is 1. The first-order valence-electron chi connectivity index (χ1n) is 11.2. The zero-order valence-corrected chi connectivity index (χ0v) is 19.0. The lowest BCUT2D eigenvalue weighted by Crippen LogP contribution is -2.43. The maximum Gasteiger partial charge on any atom is 0.227 e. The molecule has 2 aromatic heterocycles. The Bertz CT molecular complexity index is 970. The molecule has 170 valence electrons. The Morgan fingerprint density at radius 2 is 1.94 bits per heavy atom. The van der Waals surface area contributed by atoms with Crippen molar-refractivity contribution in [2.45, 2.75) is 49.1 Å². The van der Waals surface area contributed by atoms with Crippen molar-refractivity contribution in [3.8, 4) is 5.75 Å². The summed E-state index contributed by atoms with van der Waals surface area (Å²) in [5.74, 6) is 2.96. The van der Waals surface area contributed by atoms with Crippen LogP contribution in [-0.4, -0.2) is 74.9 Å². The molecule has 5 rings (SSSR count). The molecule has 1 N–H and O–H groups in total. The lowest BCUT2D eigenvalue weighted by Gasteiger charge is -2.33. The summed E-state index contributed by atoms with van der Waals surface area (Å²) in [6.45, 7) is 2.23. The van der Waals surface area contributed by atoms with E-state index in [4.69, 9.17) is 14.7 Å². The second-order valence-corrected chi connectivity index (χ2v) is 10.1. The van der Waals surface area contributed by atoms with Gasteiger partial charge in [-0.2, -0.15) is 4.98 Å². The average Bonchev–Trinajstić information content (AvgIpc) is 3.18. The molecular weight excluding hydrogens is 428 g/mol. The number of piperidine rings is 2. The second kappa shape index (κ2) is 9.11. The van der Waals surface area contributed by atoms with Gasteiger partial charge < -0.3 is 24.4 Å². The van der Waals surface area contributed by atoms with Crippen molar-refractivity contribution in [1.29, 1.82) is 0 Å². The van der Waals surface area contributed by atoms with Gasteiger partial charge in [-0.15, -0.1) is 0 Å². The predicted molar refractivity (Wildman–Crippen MR) is 121 cm³/mol. The number of carbonyl (C=O) groups excluding carboxylic acids is 1. The summed E-state index contributed by atoms with van der Waals surface area (Å²) in [6, 6.07) is 3.86. The Morgan fingerprint density at radius 3 is 2.69 bits per heavy atom. The number of anilines is 2. The molecule has 3 aliphatic heterocycles. The second-order valence-electron chi connectivity index (χ2n) is 8.59. The number of fused-ring (bicyclic) bond motifs is 1. The number of ether oxygens (including phenoxy) is 1. The first kappa shape index (κ1) is 21.3. The molecule has 5 heterocycles. The van der Waals surface area contributed by atoms with Crippen LogP contribution < -0.4 is 15.0 Å². The van der Waals surface area contributed by atoms with Gasteiger partial charge in [0, 0.05) is 70.8 Å². The third kappa shape index (κ3) is 4.47. The lowest BCUT2D eigenvalue weighted by atomic mass is 10.1. The minimum absolute atomic E-state index is 0.0987. The lowest BCUT2D eigenvalue weighted by molar-refractivity contribution is -0.132. The molecule has 9 nitrogen and oxygen atoms in total. The highest BCUT2D eigenvalue weighted by molar-refractivity contribution is 7.91. The van der Waals surface area contributed by atoms with Crippen molar-refractivity contribution in [2.24, 2.45) is 0 Å². The highest BCUT2D eigenvalue weighted by Gasteiger charge is 2.35. The average molecular weight is 457 g/mol. The van der Waals surface area contributed by atoms with E-state index in [-0.39, 0.29) is 18.1 Å². The fourth-order valence-electron chi connectivity index (χ4n) is 4.53. The fraction of sp³-hybridized carbons (Fsp3) is 0.545. The maximum absolute atomic E-state index is 12.6. The smallest absolute Gasteiger partial charge is 0.227 e. The van der Waals surface area contributed by atoms with E-state index in [2.05, 4.69) is 15.2 Å². The van der Waals surface area contributed by atoms with Gasteiger partial charge in [0.2, 0.25) is 16.8 Å². The molecule has 2 saturated heterocycles. The summed E-state index contributed by atoms with van der Waals surface area (Å²) in [4.78, 5) is 30.2. The fourth-order valence-corrected chi connectivity index (χ4v) is 5.84. The number of rotatable bonds is 5. The van der Waals surface area contributed by atoms with Gasteiger partial charge in [-0.1, -0.05) is 0 Å². The Kier molecular flexibility index (Phi) is 6.05. The van der Waals surface area contributed by atoms with E-state index in [1.807, 2.05) is 19.2 Å². The molecule has 3 aliphatic rings. The Balaban J connectivity index is 1.30. The van der Waals surface area contributed by atoms with Gasteiger partial charge in [-0.25, -0.2) is 4.98 Å². The molecule has 0 aromatic carbocycles. The van der Waals surface area contributed by atoms with Crippen LogP contribution in [0.1, 0.15) is 31.4 Å². The molecule has 2 aromatic rings. The van der Waals surface area contributed by atoms with E-state index >= 15 is 0 Å². The number of hydrogen-bond acceptors (Lipinski definition) is 8. The molecule has 0 aliphatic carbocycles. The van der Waals surface area contributed by atoms with Gasteiger partial charge in [-0.3, -0.25) is 9.78 Å². The quantitative estimate of drug-likeness (QED) is 0.677. The van der Waals surface area contributed by atoms with Gasteiger partial charge in [-0.05, 0) is 29.7 Å². The van der Waals surface area contributed by atoms with E-state index in [0.29, 0.717) is 36.9 Å². The van der Waals surface area contributed by atoms with Crippen LogP contribution in [0.4, 0.5) is 11.8 Å². The van der Waals surface area contributed by atoms with Crippen molar-refractivity contribution in [3.05, 3.63) is 30.2 Å². The van der Waals surface area contributed by atoms with Crippen LogP contribution in [0.5, 0.6) is 5.75 Å². The monoisotopic (exact) mass is 456 g/mol. The van der Waals surface area contributed by atoms with Crippen LogP contribution in [0.25, 0.3) is 0 Å². The van der Waals surface area contributed by atoms with Crippen LogP contribution in [0.3, 0.4) is 0 Å². The number of nitrogens with one attached hydrogen (secondary N) is 1. The Hall–Kier alpha value is -2.59. The van der Waals surface area contributed by atoms with Crippen molar-refractivity contribution in [2.75, 3.05) is 42.7 Å². The maximum atomic E-state index is 12.6. The minimum atomic E-state index is -1.08. The minimum Gasteiger partial charge on any atom is -0.611 e. The van der Waals surface area contributed by atoms with Crippen molar-refractivity contribution < 1.29 is 14.1 Å². The summed E-state index contributed by atoms with van der Waals surface area (Å²) < 4.78 is 18.7. The number of nitrogens with zero attached hydrogens (tertiary/aromatic N) is 5. The first-order valence-corrected chi connectivity index (χ1v) is 12.5. The Morgan fingerprint density at radius 1 is 1.16 bits per heavy atom. The van der Waals surface area contributed by atoms with Crippen LogP contribution in [-0.2, 0) is 22.4 Å². The van der Waals surface area contributed by atoms with Gasteiger partial charge >= 0.3 is 0 Å². The third-order valence-electron chi connectivity index (χ3n) is 6.32. The first-order chi connectivity index (χ1) is 15.6. The SMILES string of the molecule is CN1C[C@@H](Nc2nc(N3CCC(Oc4ccncc4)CC3)nc3c2[S+]([O-])CC3)CCC1=O. The van der Waals surface area contributed by atoms with Crippen molar-refractivity contribution in [1.82, 2.24) is 19.9 Å². The van der Waals surface area contributed by atoms with Gasteiger partial charge in [0.05, 0.1) is 0 Å². The molecule has 0 saturated carbocycles. The molecule has 1 amide bonds. The van der Waals surface area contributed by atoms with Crippen LogP contribution in [0, 0.1) is 0 Å². The van der Waals surface area contributed by atoms with Gasteiger partial charge in [0.1, 0.15) is 23.3 Å². The highest BCUT2D eigenvalue weighted by atomic mass is 32.2. The molecule has 0 radical (unpaired) electrons. The molecule has 2 atom stereocenters. The largest absolute Gasteiger partial charge is 0.611 e. The van der Waals surface area contributed by atoms with E-state index in [1.165, 1.54) is 0 Å². The highest BCUT2D eigenvalue weighted by Crippen LogP contribution is 2.34. The van der Waals surface area contributed by atoms with Gasteiger partial charge in [0.25, 0.3) is 0 Å². The summed E-state index contributed by atoms with van der Waals surface area (Å²) in [5, 5.41) is 3.49. The number of carbonyl (C=O) groups is 1. The standard InChI is InChI=1S/C22H28N6O3S/c1-27-14-15(2-3-19(27)29)24-21-20-18(8-13-32(20)30)25-22(26-21)28-11-6-17(7-12-28)31-16-4-9-23-10-5-16/h4-5,9-10,15,17H,2-3,6-8,11-14H2,1H3,(H,24,25,26)/t15-,32?/m0/s1. The number of hydrogen-bond donors (Lipinski definition) is 1. The van der Waals surface area contributed by atoms with Crippen molar-refractivity contribution >= 4 is 28.8 Å². The number of amides is 1. The Labute approximate surface area is 190 Å². The normalized spacial score (nSPS) is 23.9. The van der Waals surface area contributed by atoms with E-state index < -0.39 is 11.2 Å². The molecule has 32 heavy (non-hydrogen) atoms. The molecule has 0 bridgehead atoms. The van der Waals surface area contributed by atoms with Crippen molar-refractivity contribution in [3.63, 3.8) is 0 Å². The number of likely N-dealkylation sites (N-methyl/N-ethyl adjacent to an activating group) is 1. The third-order valence-corrected chi connectivity index (χ3v) is 7.78. The predicted octanol–water partition coefficient (Wildman–Crippen LogP) is 1.62. The molecule has 10 heteroatoms. The molecule has 0 spiro atoms. The zero-order valence-electron chi connectivity index (χ0n) is 18.2. The van der Waals surface area contributed by atoms with Crippen LogP contribution in [0.2, 0.25) is 0 Å². The molecular formula is C22H28N6O3S. The van der Waals surface area contributed by atoms with E-state index in [1.54, 1.807) is 17.3 Å². The summed E-state index contributed by atoms with van der Waals surface area (Å²) in [6.07, 6.45) is 7.37. The molecule has 2 fully saturated rings. The zero-order chi connectivity index (χ0) is 22.1. The van der Waals surface area contributed by atoms with Crippen LogP contribution >= 0.6 is 0 Å². The molecule has 1 unspecified atom stereocenters. The van der Waals surface area contributed by atoms with Crippen LogP contribution in [0.15, 0.2) is 29.4 Å².